The quantitative estimate of drug-likeness (QED) is 0.605. The average molecular weight is 163 g/mol. The van der Waals surface area contributed by atoms with Gasteiger partial charge in [-0.2, -0.15) is 10.4 Å². The minimum atomic E-state index is -0.597. The zero-order chi connectivity index (χ0) is 9.14. The molecular formula is C8H9N3O. The van der Waals surface area contributed by atoms with E-state index in [9.17, 15) is 4.79 Å². The highest BCUT2D eigenvalue weighted by atomic mass is 16.1. The van der Waals surface area contributed by atoms with Crippen LogP contribution in [0.2, 0.25) is 0 Å². The van der Waals surface area contributed by atoms with Crippen molar-refractivity contribution < 1.29 is 4.79 Å². The summed E-state index contributed by atoms with van der Waals surface area (Å²) in [4.78, 5) is 11.4. The van der Waals surface area contributed by atoms with Crippen LogP contribution in [0.4, 0.5) is 0 Å². The van der Waals surface area contributed by atoms with Crippen LogP contribution in [0.25, 0.3) is 0 Å². The highest BCUT2D eigenvalue weighted by molar-refractivity contribution is 5.97. The summed E-state index contributed by atoms with van der Waals surface area (Å²) in [5, 5.41) is 12.3. The first kappa shape index (κ1) is 8.47. The SMILES string of the molecule is CC(C#N)C(=O)c1ccnn1C. The Morgan fingerprint density at radius 3 is 2.92 bits per heavy atom. The highest BCUT2D eigenvalue weighted by Gasteiger charge is 2.16. The first-order valence-corrected chi connectivity index (χ1v) is 3.58. The van der Waals surface area contributed by atoms with Gasteiger partial charge in [0.1, 0.15) is 11.6 Å². The Kier molecular flexibility index (Phi) is 2.24. The fourth-order valence-corrected chi connectivity index (χ4v) is 0.896. The van der Waals surface area contributed by atoms with Gasteiger partial charge in [0.05, 0.1) is 6.07 Å². The van der Waals surface area contributed by atoms with Crippen molar-refractivity contribution in [3.05, 3.63) is 18.0 Å². The van der Waals surface area contributed by atoms with Crippen molar-refractivity contribution in [1.29, 1.82) is 5.26 Å². The summed E-state index contributed by atoms with van der Waals surface area (Å²) in [7, 11) is 1.68. The minimum absolute atomic E-state index is 0.183. The molecule has 4 nitrogen and oxygen atoms in total. The van der Waals surface area contributed by atoms with Gasteiger partial charge in [-0.25, -0.2) is 0 Å². The summed E-state index contributed by atoms with van der Waals surface area (Å²) < 4.78 is 1.47. The molecule has 0 saturated heterocycles. The second-order valence-electron chi connectivity index (χ2n) is 2.56. The van der Waals surface area contributed by atoms with E-state index in [1.165, 1.54) is 10.9 Å². The van der Waals surface area contributed by atoms with Gasteiger partial charge in [0.15, 0.2) is 5.78 Å². The summed E-state index contributed by atoms with van der Waals surface area (Å²) in [5.41, 5.74) is 0.476. The molecule has 12 heavy (non-hydrogen) atoms. The number of aryl methyl sites for hydroxylation is 1. The number of Topliss-reactive ketones (excluding diaryl/α,β-unsaturated/α-hetero) is 1. The molecule has 0 aliphatic rings. The standard InChI is InChI=1S/C8H9N3O/c1-6(5-9)8(12)7-3-4-10-11(7)2/h3-4,6H,1-2H3. The Labute approximate surface area is 70.4 Å². The van der Waals surface area contributed by atoms with Crippen LogP contribution < -0.4 is 0 Å². The van der Waals surface area contributed by atoms with E-state index in [1.807, 2.05) is 6.07 Å². The summed E-state index contributed by atoms with van der Waals surface area (Å²) in [6.45, 7) is 1.58. The van der Waals surface area contributed by atoms with E-state index in [1.54, 1.807) is 20.0 Å². The van der Waals surface area contributed by atoms with Crippen LogP contribution in [0.3, 0.4) is 0 Å². The van der Waals surface area contributed by atoms with Gasteiger partial charge < -0.3 is 0 Å². The van der Waals surface area contributed by atoms with Gasteiger partial charge in [0, 0.05) is 13.2 Å². The molecule has 0 N–H and O–H groups in total. The number of nitriles is 1. The van der Waals surface area contributed by atoms with Crippen LogP contribution in [0.5, 0.6) is 0 Å². The van der Waals surface area contributed by atoms with Crippen molar-refractivity contribution in [2.24, 2.45) is 13.0 Å². The smallest absolute Gasteiger partial charge is 0.197 e. The Bertz CT molecular complexity index is 334. The van der Waals surface area contributed by atoms with E-state index in [4.69, 9.17) is 5.26 Å². The molecule has 4 heteroatoms. The largest absolute Gasteiger partial charge is 0.291 e. The number of aromatic nitrogens is 2. The van der Waals surface area contributed by atoms with Gasteiger partial charge in [-0.1, -0.05) is 0 Å². The maximum absolute atomic E-state index is 11.4. The maximum atomic E-state index is 11.4. The fourth-order valence-electron chi connectivity index (χ4n) is 0.896. The predicted octanol–water partition coefficient (Wildman–Crippen LogP) is 0.762. The average Bonchev–Trinajstić information content (AvgIpc) is 2.48. The Morgan fingerprint density at radius 2 is 2.50 bits per heavy atom. The highest BCUT2D eigenvalue weighted by Crippen LogP contribution is 2.05. The second kappa shape index (κ2) is 3.18. The number of carbonyl (C=O) groups excluding carboxylic acids is 1. The zero-order valence-electron chi connectivity index (χ0n) is 6.98. The van der Waals surface area contributed by atoms with Crippen LogP contribution in [0.15, 0.2) is 12.3 Å². The number of hydrogen-bond donors (Lipinski definition) is 0. The van der Waals surface area contributed by atoms with E-state index >= 15 is 0 Å². The minimum Gasteiger partial charge on any atom is -0.291 e. The van der Waals surface area contributed by atoms with Crippen LogP contribution in [0, 0.1) is 17.2 Å². The predicted molar refractivity (Wildman–Crippen MR) is 42.3 cm³/mol. The molecule has 0 saturated carbocycles. The second-order valence-corrected chi connectivity index (χ2v) is 2.56. The maximum Gasteiger partial charge on any atom is 0.197 e. The molecule has 62 valence electrons. The van der Waals surface area contributed by atoms with E-state index in [-0.39, 0.29) is 5.78 Å². The first-order chi connectivity index (χ1) is 5.66. The number of nitrogens with zero attached hydrogens (tertiary/aromatic N) is 3. The number of rotatable bonds is 2. The van der Waals surface area contributed by atoms with Crippen molar-refractivity contribution in [2.75, 3.05) is 0 Å². The molecule has 0 bridgehead atoms. The molecule has 0 fully saturated rings. The van der Waals surface area contributed by atoms with Crippen molar-refractivity contribution in [3.8, 4) is 6.07 Å². The van der Waals surface area contributed by atoms with Crippen LogP contribution >= 0.6 is 0 Å². The monoisotopic (exact) mass is 163 g/mol. The summed E-state index contributed by atoms with van der Waals surface area (Å²) >= 11 is 0. The molecule has 1 rings (SSSR count). The molecule has 0 radical (unpaired) electrons. The van der Waals surface area contributed by atoms with Crippen molar-refractivity contribution in [2.45, 2.75) is 6.92 Å². The van der Waals surface area contributed by atoms with Gasteiger partial charge in [-0.3, -0.25) is 9.48 Å². The Morgan fingerprint density at radius 1 is 1.83 bits per heavy atom. The number of carbonyl (C=O) groups is 1. The molecule has 0 aliphatic heterocycles. The molecule has 1 heterocycles. The van der Waals surface area contributed by atoms with Gasteiger partial charge in [-0.15, -0.1) is 0 Å². The topological polar surface area (TPSA) is 58.7 Å². The van der Waals surface area contributed by atoms with Gasteiger partial charge >= 0.3 is 0 Å². The molecule has 1 aromatic rings. The summed E-state index contributed by atoms with van der Waals surface area (Å²) in [6, 6.07) is 3.50. The van der Waals surface area contributed by atoms with Gasteiger partial charge in [0.2, 0.25) is 0 Å². The van der Waals surface area contributed by atoms with Crippen LogP contribution in [-0.4, -0.2) is 15.6 Å². The summed E-state index contributed by atoms with van der Waals surface area (Å²) in [5.74, 6) is -0.780. The molecule has 1 unspecified atom stereocenters. The lowest BCUT2D eigenvalue weighted by atomic mass is 10.1. The van der Waals surface area contributed by atoms with E-state index in [2.05, 4.69) is 5.10 Å². The lowest BCUT2D eigenvalue weighted by Gasteiger charge is -2.00. The Hall–Kier alpha value is -1.63. The van der Waals surface area contributed by atoms with Crippen LogP contribution in [0.1, 0.15) is 17.4 Å². The fraction of sp³-hybridized carbons (Fsp3) is 0.375. The molecule has 0 spiro atoms. The Balaban J connectivity index is 2.94. The third kappa shape index (κ3) is 1.35. The lowest BCUT2D eigenvalue weighted by molar-refractivity contribution is 0.0947. The number of ketones is 1. The third-order valence-corrected chi connectivity index (χ3v) is 1.66. The van der Waals surface area contributed by atoms with E-state index in [0.29, 0.717) is 5.69 Å². The number of hydrogen-bond acceptors (Lipinski definition) is 3. The first-order valence-electron chi connectivity index (χ1n) is 3.58. The molecule has 1 atom stereocenters. The van der Waals surface area contributed by atoms with E-state index in [0.717, 1.165) is 0 Å². The third-order valence-electron chi connectivity index (χ3n) is 1.66. The molecular weight excluding hydrogens is 154 g/mol. The van der Waals surface area contributed by atoms with Gasteiger partial charge in [-0.05, 0) is 13.0 Å². The van der Waals surface area contributed by atoms with Gasteiger partial charge in [0.25, 0.3) is 0 Å². The lowest BCUT2D eigenvalue weighted by Crippen LogP contribution is -2.13. The zero-order valence-corrected chi connectivity index (χ0v) is 6.98. The van der Waals surface area contributed by atoms with Crippen molar-refractivity contribution in [1.82, 2.24) is 9.78 Å². The van der Waals surface area contributed by atoms with Crippen LogP contribution in [-0.2, 0) is 7.05 Å². The summed E-state index contributed by atoms with van der Waals surface area (Å²) in [6.07, 6.45) is 1.54. The molecule has 0 aliphatic carbocycles. The van der Waals surface area contributed by atoms with E-state index < -0.39 is 5.92 Å². The molecule has 0 aromatic carbocycles. The van der Waals surface area contributed by atoms with Crippen molar-refractivity contribution >= 4 is 5.78 Å². The molecule has 1 aromatic heterocycles. The normalized spacial score (nSPS) is 12.1. The molecule has 0 amide bonds. The van der Waals surface area contributed by atoms with Crippen molar-refractivity contribution in [3.63, 3.8) is 0 Å².